The molecule has 0 amide bonds. The van der Waals surface area contributed by atoms with Crippen molar-refractivity contribution < 1.29 is 0 Å². The molecule has 0 spiro atoms. The molecule has 0 aliphatic heterocycles. The normalized spacial score (nSPS) is 25.2. The number of rotatable bonds is 5. The molecule has 0 fully saturated rings. The average Bonchev–Trinajstić information content (AvgIpc) is 2.60. The Morgan fingerprint density at radius 2 is 1.46 bits per heavy atom. The standard InChI is InChI=1S/C26H44/c1-26(2,3)25(21-20-23-16-14-11-15-17-23)22-24-18-12-9-7-5-4-6-8-10-13-19-24/h9,12,16,18,25H,4-8,10-11,13-15,17,19-22H2,1-3H3/b12-9+,24-18+. The number of hydrogen-bond donors (Lipinski definition) is 0. The fourth-order valence-corrected chi connectivity index (χ4v) is 4.52. The van der Waals surface area contributed by atoms with E-state index in [9.17, 15) is 0 Å². The first kappa shape index (κ1) is 21.5. The van der Waals surface area contributed by atoms with Gasteiger partial charge in [-0.25, -0.2) is 0 Å². The molecular weight excluding hydrogens is 312 g/mol. The molecule has 0 radical (unpaired) electrons. The largest absolute Gasteiger partial charge is 0.0853 e. The van der Waals surface area contributed by atoms with Crippen LogP contribution in [-0.2, 0) is 0 Å². The molecular formula is C26H44. The highest BCUT2D eigenvalue weighted by molar-refractivity contribution is 5.14. The Labute approximate surface area is 164 Å². The van der Waals surface area contributed by atoms with Crippen molar-refractivity contribution in [2.45, 2.75) is 117 Å². The van der Waals surface area contributed by atoms with Crippen molar-refractivity contribution in [3.8, 4) is 0 Å². The van der Waals surface area contributed by atoms with E-state index in [2.05, 4.69) is 45.1 Å². The first-order chi connectivity index (χ1) is 12.6. The molecule has 0 N–H and O–H groups in total. The Kier molecular flexibility index (Phi) is 9.79. The first-order valence-electron chi connectivity index (χ1n) is 11.6. The predicted octanol–water partition coefficient (Wildman–Crippen LogP) is 8.94. The maximum absolute atomic E-state index is 2.54. The van der Waals surface area contributed by atoms with Crippen molar-refractivity contribution in [2.24, 2.45) is 11.3 Å². The third-order valence-electron chi connectivity index (χ3n) is 6.52. The average molecular weight is 357 g/mol. The van der Waals surface area contributed by atoms with E-state index in [1.807, 2.05) is 0 Å². The van der Waals surface area contributed by atoms with Gasteiger partial charge >= 0.3 is 0 Å². The molecule has 1 unspecified atom stereocenters. The van der Waals surface area contributed by atoms with Gasteiger partial charge < -0.3 is 0 Å². The minimum atomic E-state index is 0.406. The quantitative estimate of drug-likeness (QED) is 0.431. The fourth-order valence-electron chi connectivity index (χ4n) is 4.52. The topological polar surface area (TPSA) is 0 Å². The van der Waals surface area contributed by atoms with E-state index in [4.69, 9.17) is 0 Å². The molecule has 0 heteroatoms. The Morgan fingerprint density at radius 1 is 0.808 bits per heavy atom. The lowest BCUT2D eigenvalue weighted by Gasteiger charge is -2.32. The van der Waals surface area contributed by atoms with Crippen LogP contribution in [0.4, 0.5) is 0 Å². The summed E-state index contributed by atoms with van der Waals surface area (Å²) in [6.07, 6.45) is 30.4. The summed E-state index contributed by atoms with van der Waals surface area (Å²) in [5.41, 5.74) is 3.86. The summed E-state index contributed by atoms with van der Waals surface area (Å²) in [5, 5.41) is 0. The SMILES string of the molecule is CC(C)(C)C(CCC1=CCCCC1)C/C1=C/C=C/CCCCCCCC1. The zero-order valence-electron chi connectivity index (χ0n) is 18.0. The molecule has 0 nitrogen and oxygen atoms in total. The summed E-state index contributed by atoms with van der Waals surface area (Å²) >= 11 is 0. The lowest BCUT2D eigenvalue weighted by molar-refractivity contribution is 0.221. The van der Waals surface area contributed by atoms with Crippen molar-refractivity contribution in [2.75, 3.05) is 0 Å². The highest BCUT2D eigenvalue weighted by Crippen LogP contribution is 2.37. The van der Waals surface area contributed by atoms with Gasteiger partial charge in [0.15, 0.2) is 0 Å². The second kappa shape index (κ2) is 11.8. The van der Waals surface area contributed by atoms with Gasteiger partial charge in [0.1, 0.15) is 0 Å². The van der Waals surface area contributed by atoms with Gasteiger partial charge in [-0.05, 0) is 82.0 Å². The van der Waals surface area contributed by atoms with E-state index < -0.39 is 0 Å². The summed E-state index contributed by atoms with van der Waals surface area (Å²) in [6, 6.07) is 0. The molecule has 2 aliphatic rings. The maximum Gasteiger partial charge on any atom is -0.0284 e. The van der Waals surface area contributed by atoms with Crippen molar-refractivity contribution in [1.82, 2.24) is 0 Å². The Balaban J connectivity index is 1.97. The van der Waals surface area contributed by atoms with Gasteiger partial charge in [-0.1, -0.05) is 81.9 Å². The number of hydrogen-bond acceptors (Lipinski definition) is 0. The van der Waals surface area contributed by atoms with Crippen molar-refractivity contribution >= 4 is 0 Å². The third kappa shape index (κ3) is 8.74. The Bertz CT molecular complexity index is 469. The third-order valence-corrected chi connectivity index (χ3v) is 6.52. The van der Waals surface area contributed by atoms with Crippen LogP contribution in [0.1, 0.15) is 117 Å². The van der Waals surface area contributed by atoms with E-state index in [0.29, 0.717) is 5.41 Å². The van der Waals surface area contributed by atoms with Crippen LogP contribution in [0.25, 0.3) is 0 Å². The van der Waals surface area contributed by atoms with Crippen molar-refractivity contribution in [3.05, 3.63) is 35.5 Å². The van der Waals surface area contributed by atoms with Crippen LogP contribution in [0.15, 0.2) is 35.5 Å². The lowest BCUT2D eigenvalue weighted by Crippen LogP contribution is -2.21. The van der Waals surface area contributed by atoms with E-state index in [-0.39, 0.29) is 0 Å². The van der Waals surface area contributed by atoms with Crippen LogP contribution < -0.4 is 0 Å². The molecule has 148 valence electrons. The highest BCUT2D eigenvalue weighted by Gasteiger charge is 2.25. The van der Waals surface area contributed by atoms with Crippen molar-refractivity contribution in [1.29, 1.82) is 0 Å². The Hall–Kier alpha value is -0.780. The minimum absolute atomic E-state index is 0.406. The van der Waals surface area contributed by atoms with E-state index in [1.54, 1.807) is 11.1 Å². The first-order valence-corrected chi connectivity index (χ1v) is 11.6. The molecule has 0 saturated heterocycles. The molecule has 0 aromatic carbocycles. The van der Waals surface area contributed by atoms with Gasteiger partial charge in [-0.2, -0.15) is 0 Å². The molecule has 0 heterocycles. The van der Waals surface area contributed by atoms with Crippen LogP contribution in [0.3, 0.4) is 0 Å². The molecule has 0 bridgehead atoms. The van der Waals surface area contributed by atoms with Gasteiger partial charge in [-0.15, -0.1) is 0 Å². The summed E-state index contributed by atoms with van der Waals surface area (Å²) in [6.45, 7) is 7.37. The van der Waals surface area contributed by atoms with Gasteiger partial charge in [0.2, 0.25) is 0 Å². The van der Waals surface area contributed by atoms with Crippen LogP contribution in [0, 0.1) is 11.3 Å². The van der Waals surface area contributed by atoms with Crippen LogP contribution in [0.5, 0.6) is 0 Å². The molecule has 1 atom stereocenters. The molecule has 2 aliphatic carbocycles. The lowest BCUT2D eigenvalue weighted by atomic mass is 9.73. The van der Waals surface area contributed by atoms with E-state index in [1.165, 1.54) is 96.3 Å². The van der Waals surface area contributed by atoms with Gasteiger partial charge in [0, 0.05) is 0 Å². The predicted molar refractivity (Wildman–Crippen MR) is 118 cm³/mol. The monoisotopic (exact) mass is 356 g/mol. The highest BCUT2D eigenvalue weighted by atomic mass is 14.3. The molecule has 0 aromatic heterocycles. The van der Waals surface area contributed by atoms with Crippen LogP contribution in [-0.4, -0.2) is 0 Å². The van der Waals surface area contributed by atoms with E-state index in [0.717, 1.165) is 5.92 Å². The Morgan fingerprint density at radius 3 is 2.19 bits per heavy atom. The minimum Gasteiger partial charge on any atom is -0.0853 e. The summed E-state index contributed by atoms with van der Waals surface area (Å²) in [4.78, 5) is 0. The van der Waals surface area contributed by atoms with Gasteiger partial charge in [0.25, 0.3) is 0 Å². The summed E-state index contributed by atoms with van der Waals surface area (Å²) in [5.74, 6) is 0.804. The smallest absolute Gasteiger partial charge is 0.0284 e. The van der Waals surface area contributed by atoms with Crippen molar-refractivity contribution in [3.63, 3.8) is 0 Å². The second-order valence-electron chi connectivity index (χ2n) is 9.83. The molecule has 26 heavy (non-hydrogen) atoms. The van der Waals surface area contributed by atoms with Gasteiger partial charge in [-0.3, -0.25) is 0 Å². The maximum atomic E-state index is 2.54. The molecule has 2 rings (SSSR count). The number of allylic oxidation sites excluding steroid dienone is 6. The zero-order valence-corrected chi connectivity index (χ0v) is 18.0. The van der Waals surface area contributed by atoms with E-state index >= 15 is 0 Å². The summed E-state index contributed by atoms with van der Waals surface area (Å²) < 4.78 is 0. The van der Waals surface area contributed by atoms with Gasteiger partial charge in [0.05, 0.1) is 0 Å². The molecule has 0 aromatic rings. The van der Waals surface area contributed by atoms with Crippen LogP contribution >= 0.6 is 0 Å². The van der Waals surface area contributed by atoms with Crippen LogP contribution in [0.2, 0.25) is 0 Å². The fraction of sp³-hybridized carbons (Fsp3) is 0.769. The zero-order chi connectivity index (χ0) is 18.7. The second-order valence-corrected chi connectivity index (χ2v) is 9.83. The molecule has 0 saturated carbocycles. The summed E-state index contributed by atoms with van der Waals surface area (Å²) in [7, 11) is 0.